The molecule has 3 aromatic carbocycles. The van der Waals surface area contributed by atoms with Crippen LogP contribution < -0.4 is 5.32 Å². The Morgan fingerprint density at radius 2 is 1.60 bits per heavy atom. The fourth-order valence-electron chi connectivity index (χ4n) is 5.49. The molecule has 2 saturated heterocycles. The largest absolute Gasteiger partial charge is 0.481 e. The number of carboxylic acids is 1. The van der Waals surface area contributed by atoms with Gasteiger partial charge in [0, 0.05) is 51.0 Å². The van der Waals surface area contributed by atoms with Crippen LogP contribution in [0.1, 0.15) is 60.3 Å². The summed E-state index contributed by atoms with van der Waals surface area (Å²) in [4.78, 5) is 25.1. The number of nitrogens with zero attached hydrogens (tertiary/aromatic N) is 1. The van der Waals surface area contributed by atoms with E-state index in [2.05, 4.69) is 22.3 Å². The fourth-order valence-corrected chi connectivity index (χ4v) is 5.49. The van der Waals surface area contributed by atoms with Gasteiger partial charge in [-0.3, -0.25) is 14.5 Å². The Labute approximate surface area is 252 Å². The molecule has 0 saturated carbocycles. The third-order valence-corrected chi connectivity index (χ3v) is 7.91. The molecule has 3 atom stereocenters. The Bertz CT molecular complexity index is 1340. The number of carboxylic acid groups (broad SMARTS) is 1. The zero-order chi connectivity index (χ0) is 30.0. The van der Waals surface area contributed by atoms with Gasteiger partial charge in [0.1, 0.15) is 0 Å². The third kappa shape index (κ3) is 8.95. The van der Waals surface area contributed by atoms with E-state index < -0.39 is 12.3 Å². The number of benzene rings is 3. The number of nitrogens with one attached hydrogen (secondary N) is 1. The van der Waals surface area contributed by atoms with Crippen LogP contribution in [0.15, 0.2) is 72.8 Å². The van der Waals surface area contributed by atoms with Crippen LogP contribution in [-0.4, -0.2) is 65.9 Å². The Morgan fingerprint density at radius 3 is 2.33 bits per heavy atom. The van der Waals surface area contributed by atoms with E-state index in [9.17, 15) is 14.7 Å². The molecule has 2 fully saturated rings. The van der Waals surface area contributed by atoms with E-state index in [1.165, 1.54) is 0 Å². The van der Waals surface area contributed by atoms with Gasteiger partial charge in [0.2, 0.25) is 5.91 Å². The number of aliphatic hydroxyl groups is 1. The number of rotatable bonds is 12. The monoisotopic (exact) mass is 588 g/mol. The summed E-state index contributed by atoms with van der Waals surface area (Å²) in [6, 6.07) is 24.1. The molecule has 9 heteroatoms. The van der Waals surface area contributed by atoms with Crippen molar-refractivity contribution in [3.63, 3.8) is 0 Å². The molecule has 2 heterocycles. The maximum absolute atomic E-state index is 12.1. The maximum atomic E-state index is 12.1. The number of aliphatic hydroxyl groups excluding tert-OH is 1. The second-order valence-corrected chi connectivity index (χ2v) is 11.1. The Morgan fingerprint density at radius 1 is 0.860 bits per heavy atom. The van der Waals surface area contributed by atoms with E-state index in [4.69, 9.17) is 19.3 Å². The normalized spacial score (nSPS) is 20.9. The summed E-state index contributed by atoms with van der Waals surface area (Å²) in [5.41, 5.74) is 5.91. The molecule has 2 aliphatic heterocycles. The lowest BCUT2D eigenvalue weighted by Gasteiger charge is -2.39. The first-order valence-electron chi connectivity index (χ1n) is 15.0. The summed E-state index contributed by atoms with van der Waals surface area (Å²) < 4.78 is 18.6. The molecule has 3 aromatic rings. The number of carbonyl (C=O) groups is 2. The molecule has 43 heavy (non-hydrogen) atoms. The zero-order valence-corrected chi connectivity index (χ0v) is 24.3. The number of carbonyl (C=O) groups excluding carboxylic acids is 1. The first kappa shape index (κ1) is 30.8. The average molecular weight is 589 g/mol. The number of morpholine rings is 1. The van der Waals surface area contributed by atoms with Crippen LogP contribution in [0.25, 0.3) is 11.1 Å². The Balaban J connectivity index is 1.25. The summed E-state index contributed by atoms with van der Waals surface area (Å²) in [5, 5.41) is 21.1. The molecule has 2 aliphatic rings. The first-order valence-corrected chi connectivity index (χ1v) is 15.0. The highest BCUT2D eigenvalue weighted by Crippen LogP contribution is 2.38. The third-order valence-electron chi connectivity index (χ3n) is 7.91. The van der Waals surface area contributed by atoms with Gasteiger partial charge in [-0.1, -0.05) is 66.7 Å². The maximum Gasteiger partial charge on any atom is 0.303 e. The molecule has 0 radical (unpaired) electrons. The van der Waals surface area contributed by atoms with Crippen LogP contribution in [0, 0.1) is 0 Å². The van der Waals surface area contributed by atoms with Gasteiger partial charge >= 0.3 is 5.97 Å². The molecule has 0 aliphatic carbocycles. The van der Waals surface area contributed by atoms with Crippen molar-refractivity contribution in [2.24, 2.45) is 0 Å². The molecule has 3 unspecified atom stereocenters. The van der Waals surface area contributed by atoms with E-state index in [1.54, 1.807) is 0 Å². The predicted octanol–water partition coefficient (Wildman–Crippen LogP) is 4.59. The summed E-state index contributed by atoms with van der Waals surface area (Å²) in [7, 11) is 0. The molecule has 0 aromatic heterocycles. The Hall–Kier alpha value is -3.60. The number of hydrogen-bond donors (Lipinski definition) is 3. The molecule has 0 bridgehead atoms. The lowest BCUT2D eigenvalue weighted by atomic mass is 9.99. The van der Waals surface area contributed by atoms with Gasteiger partial charge in [-0.25, -0.2) is 0 Å². The van der Waals surface area contributed by atoms with Crippen LogP contribution in [0.4, 0.5) is 0 Å². The van der Waals surface area contributed by atoms with E-state index in [0.717, 1.165) is 72.6 Å². The van der Waals surface area contributed by atoms with Gasteiger partial charge in [0.25, 0.3) is 0 Å². The molecule has 5 rings (SSSR count). The van der Waals surface area contributed by atoms with Gasteiger partial charge in [-0.15, -0.1) is 0 Å². The van der Waals surface area contributed by atoms with E-state index >= 15 is 0 Å². The smallest absolute Gasteiger partial charge is 0.303 e. The minimum Gasteiger partial charge on any atom is -0.481 e. The van der Waals surface area contributed by atoms with Crippen molar-refractivity contribution in [1.82, 2.24) is 10.2 Å². The SMILES string of the molecule is O=C(O)CCCC(=O)NCc1cccc(-c2ccc(C3OC(CN4CCOCC4)CC(c4ccc(CO)cc4)O3)cc2)c1. The molecule has 1 amide bonds. The lowest BCUT2D eigenvalue weighted by Crippen LogP contribution is -2.44. The average Bonchev–Trinajstić information content (AvgIpc) is 3.04. The highest BCUT2D eigenvalue weighted by Gasteiger charge is 2.33. The summed E-state index contributed by atoms with van der Waals surface area (Å²) in [5.74, 6) is -1.05. The van der Waals surface area contributed by atoms with Crippen LogP contribution in [-0.2, 0) is 37.0 Å². The van der Waals surface area contributed by atoms with Crippen molar-refractivity contribution in [1.29, 1.82) is 0 Å². The second-order valence-electron chi connectivity index (χ2n) is 11.1. The highest BCUT2D eigenvalue weighted by molar-refractivity contribution is 5.76. The summed E-state index contributed by atoms with van der Waals surface area (Å²) in [6.45, 7) is 4.46. The zero-order valence-electron chi connectivity index (χ0n) is 24.3. The summed E-state index contributed by atoms with van der Waals surface area (Å²) in [6.07, 6.45) is 0.603. The quantitative estimate of drug-likeness (QED) is 0.281. The number of amides is 1. The topological polar surface area (TPSA) is 118 Å². The van der Waals surface area contributed by atoms with Gasteiger partial charge in [0.15, 0.2) is 6.29 Å². The molecule has 228 valence electrons. The molecular weight excluding hydrogens is 548 g/mol. The van der Waals surface area contributed by atoms with Crippen molar-refractivity contribution in [3.05, 3.63) is 95.1 Å². The van der Waals surface area contributed by atoms with E-state index in [1.807, 2.05) is 60.7 Å². The number of aliphatic carboxylic acids is 1. The first-order chi connectivity index (χ1) is 21.0. The van der Waals surface area contributed by atoms with Crippen LogP contribution >= 0.6 is 0 Å². The molecule has 9 nitrogen and oxygen atoms in total. The lowest BCUT2D eigenvalue weighted by molar-refractivity contribution is -0.253. The van der Waals surface area contributed by atoms with Crippen LogP contribution in [0.2, 0.25) is 0 Å². The van der Waals surface area contributed by atoms with Gasteiger partial charge < -0.3 is 29.7 Å². The fraction of sp³-hybridized carbons (Fsp3) is 0.412. The van der Waals surface area contributed by atoms with Crippen LogP contribution in [0.5, 0.6) is 0 Å². The minimum absolute atomic E-state index is 0.00457. The van der Waals surface area contributed by atoms with E-state index in [-0.39, 0.29) is 37.6 Å². The molecule has 0 spiro atoms. The van der Waals surface area contributed by atoms with Crippen molar-refractivity contribution in [2.45, 2.75) is 57.3 Å². The number of hydrogen-bond acceptors (Lipinski definition) is 7. The van der Waals surface area contributed by atoms with Gasteiger partial charge in [0.05, 0.1) is 32.0 Å². The van der Waals surface area contributed by atoms with Crippen molar-refractivity contribution >= 4 is 11.9 Å². The summed E-state index contributed by atoms with van der Waals surface area (Å²) >= 11 is 0. The van der Waals surface area contributed by atoms with Crippen molar-refractivity contribution in [3.8, 4) is 11.1 Å². The number of ether oxygens (including phenoxy) is 3. The minimum atomic E-state index is -0.894. The standard InChI is InChI=1S/C34H40N2O7/c37-23-24-7-9-27(10-8-24)31-20-30(22-36-15-17-41-18-16-36)42-34(43-31)28-13-11-26(12-14-28)29-4-1-3-25(19-29)21-35-32(38)5-2-6-33(39)40/h1,3-4,7-14,19,30-31,34,37H,2,5-6,15-18,20-23H2,(H,35,38)(H,39,40). The van der Waals surface area contributed by atoms with Crippen LogP contribution in [0.3, 0.4) is 0 Å². The second kappa shape index (κ2) is 15.2. The van der Waals surface area contributed by atoms with E-state index in [0.29, 0.717) is 13.0 Å². The molecule has 3 N–H and O–H groups in total. The van der Waals surface area contributed by atoms with Gasteiger partial charge in [-0.05, 0) is 40.3 Å². The van der Waals surface area contributed by atoms with Crippen molar-refractivity contribution in [2.75, 3.05) is 32.8 Å². The molecular formula is C34H40N2O7. The predicted molar refractivity (Wildman–Crippen MR) is 161 cm³/mol. The van der Waals surface area contributed by atoms with Gasteiger partial charge in [-0.2, -0.15) is 0 Å². The Kier molecular flexibility index (Phi) is 10.9. The van der Waals surface area contributed by atoms with Crippen molar-refractivity contribution < 1.29 is 34.0 Å². The highest BCUT2D eigenvalue weighted by atomic mass is 16.7.